The second kappa shape index (κ2) is 17.3. The number of carbonyl (C=O) groups excluding carboxylic acids is 3. The van der Waals surface area contributed by atoms with Gasteiger partial charge < -0.3 is 30.2 Å². The van der Waals surface area contributed by atoms with Crippen molar-refractivity contribution in [1.82, 2.24) is 16.0 Å². The Labute approximate surface area is 249 Å². The fourth-order valence-corrected chi connectivity index (χ4v) is 5.76. The van der Waals surface area contributed by atoms with E-state index in [1.54, 1.807) is 0 Å². The van der Waals surface area contributed by atoms with E-state index in [9.17, 15) is 14.4 Å². The van der Waals surface area contributed by atoms with E-state index in [2.05, 4.69) is 16.0 Å². The summed E-state index contributed by atoms with van der Waals surface area (Å²) in [6, 6.07) is 16.6. The first-order chi connectivity index (χ1) is 20.5. The topological polar surface area (TPSA) is 115 Å². The molecule has 3 aliphatic rings. The summed E-state index contributed by atoms with van der Waals surface area (Å²) >= 11 is 0. The molecule has 42 heavy (non-hydrogen) atoms. The van der Waals surface area contributed by atoms with Gasteiger partial charge in [0.25, 0.3) is 0 Å². The fraction of sp³-hybridized carbons (Fsp3) is 0.545. The zero-order chi connectivity index (χ0) is 29.4. The molecule has 9 heteroatoms. The van der Waals surface area contributed by atoms with Gasteiger partial charge in [-0.05, 0) is 38.5 Å². The normalized spacial score (nSPS) is 18.0. The van der Waals surface area contributed by atoms with Crippen LogP contribution in [0.3, 0.4) is 0 Å². The zero-order valence-corrected chi connectivity index (χ0v) is 24.5. The van der Waals surface area contributed by atoms with Crippen molar-refractivity contribution in [3.05, 3.63) is 54.6 Å². The number of benzene rings is 2. The first-order valence-electron chi connectivity index (χ1n) is 15.6. The van der Waals surface area contributed by atoms with Gasteiger partial charge in [0.15, 0.2) is 0 Å². The van der Waals surface area contributed by atoms with Crippen molar-refractivity contribution >= 4 is 18.3 Å². The molecule has 2 aromatic rings. The Hall–Kier alpha value is -3.75. The number of ether oxygens (including phenoxy) is 3. The summed E-state index contributed by atoms with van der Waals surface area (Å²) in [7, 11) is 0. The van der Waals surface area contributed by atoms with E-state index in [0.29, 0.717) is 0 Å². The average molecular weight is 580 g/mol. The number of nitrogens with one attached hydrogen (secondary N) is 3. The lowest BCUT2D eigenvalue weighted by Crippen LogP contribution is -2.38. The molecule has 0 unspecified atom stereocenters. The van der Waals surface area contributed by atoms with E-state index in [1.807, 2.05) is 36.4 Å². The summed E-state index contributed by atoms with van der Waals surface area (Å²) in [4.78, 5) is 37.5. The van der Waals surface area contributed by atoms with Crippen LogP contribution in [0, 0.1) is 0 Å². The van der Waals surface area contributed by atoms with Crippen LogP contribution in [0.15, 0.2) is 54.6 Å². The molecule has 228 valence electrons. The fourth-order valence-electron chi connectivity index (χ4n) is 5.76. The molecule has 0 bridgehead atoms. The first kappa shape index (κ1) is 31.2. The van der Waals surface area contributed by atoms with Crippen molar-refractivity contribution in [3.8, 4) is 17.2 Å². The van der Waals surface area contributed by atoms with Gasteiger partial charge in [0.2, 0.25) is 0 Å². The lowest BCUT2D eigenvalue weighted by molar-refractivity contribution is 0.188. The van der Waals surface area contributed by atoms with Gasteiger partial charge in [-0.15, -0.1) is 0 Å². The molecule has 0 saturated heterocycles. The highest BCUT2D eigenvalue weighted by molar-refractivity contribution is 5.74. The van der Waals surface area contributed by atoms with Crippen LogP contribution in [0.1, 0.15) is 96.3 Å². The van der Waals surface area contributed by atoms with Crippen LogP contribution in [-0.4, -0.2) is 36.4 Å². The minimum atomic E-state index is -0.580. The third-order valence-corrected chi connectivity index (χ3v) is 7.93. The molecule has 0 heterocycles. The van der Waals surface area contributed by atoms with Gasteiger partial charge in [-0.2, -0.15) is 0 Å². The maximum Gasteiger partial charge on any atom is 0.412 e. The van der Waals surface area contributed by atoms with E-state index in [0.717, 1.165) is 77.0 Å². The number of amides is 3. The van der Waals surface area contributed by atoms with Crippen molar-refractivity contribution in [2.24, 2.45) is 0 Å². The third kappa shape index (κ3) is 11.6. The number of carbonyl (C=O) groups is 3. The minimum Gasteiger partial charge on any atom is -0.410 e. The lowest BCUT2D eigenvalue weighted by atomic mass is 9.96. The summed E-state index contributed by atoms with van der Waals surface area (Å²) in [5.74, 6) is 0.394. The molecule has 3 N–H and O–H groups in total. The van der Waals surface area contributed by atoms with Crippen molar-refractivity contribution in [2.75, 3.05) is 0 Å². The third-order valence-electron chi connectivity index (χ3n) is 7.93. The molecule has 3 amide bonds. The van der Waals surface area contributed by atoms with Gasteiger partial charge in [0.1, 0.15) is 17.2 Å². The van der Waals surface area contributed by atoms with Crippen molar-refractivity contribution in [2.45, 2.75) is 114 Å². The molecule has 0 radical (unpaired) electrons. The molecular weight excluding hydrogens is 534 g/mol. The predicted molar refractivity (Wildman–Crippen MR) is 161 cm³/mol. The molecule has 0 atom stereocenters. The van der Waals surface area contributed by atoms with Crippen molar-refractivity contribution in [1.29, 1.82) is 0 Å². The Kier molecular flexibility index (Phi) is 12.8. The highest BCUT2D eigenvalue weighted by Crippen LogP contribution is 2.29. The van der Waals surface area contributed by atoms with Crippen LogP contribution in [0.2, 0.25) is 0 Å². The summed E-state index contributed by atoms with van der Waals surface area (Å²) in [5.41, 5.74) is 0. The van der Waals surface area contributed by atoms with E-state index in [1.165, 1.54) is 37.5 Å². The van der Waals surface area contributed by atoms with Crippen LogP contribution < -0.4 is 30.2 Å². The zero-order valence-electron chi connectivity index (χ0n) is 24.5. The van der Waals surface area contributed by atoms with Crippen LogP contribution in [-0.2, 0) is 0 Å². The second-order valence-electron chi connectivity index (χ2n) is 11.4. The number of hydrogen-bond donors (Lipinski definition) is 3. The molecule has 2 aromatic carbocycles. The lowest BCUT2D eigenvalue weighted by Gasteiger charge is -2.23. The average Bonchev–Trinajstić information content (AvgIpc) is 2.99. The number of hydrogen-bond acceptors (Lipinski definition) is 6. The molecule has 3 aliphatic carbocycles. The molecule has 3 saturated carbocycles. The standard InChI is InChI=1S/C27H39N3O6.C6H6/c31-25(28-19-10-4-1-5-11-19)34-22-16-23(35-26(32)29-20-12-6-2-7-13-20)18-24(17-22)36-27(33)30-21-14-8-3-9-15-21;1-2-4-6-5-3-1/h16-21H,1-15H2,(H,28,31)(H,29,32)(H,30,33);1-6H. The van der Waals surface area contributed by atoms with Crippen LogP contribution in [0.25, 0.3) is 0 Å². The van der Waals surface area contributed by atoms with Gasteiger partial charge in [0, 0.05) is 36.3 Å². The molecule has 5 rings (SSSR count). The van der Waals surface area contributed by atoms with Crippen LogP contribution in [0.4, 0.5) is 14.4 Å². The highest BCUT2D eigenvalue weighted by atomic mass is 16.6. The summed E-state index contributed by atoms with van der Waals surface area (Å²) < 4.78 is 16.5. The van der Waals surface area contributed by atoms with Crippen molar-refractivity contribution < 1.29 is 28.6 Å². The van der Waals surface area contributed by atoms with E-state index in [-0.39, 0.29) is 35.4 Å². The summed E-state index contributed by atoms with van der Waals surface area (Å²) in [5, 5.41) is 8.68. The van der Waals surface area contributed by atoms with E-state index < -0.39 is 18.3 Å². The Morgan fingerprint density at radius 2 is 0.667 bits per heavy atom. The maximum absolute atomic E-state index is 12.5. The van der Waals surface area contributed by atoms with Gasteiger partial charge in [-0.1, -0.05) is 94.2 Å². The monoisotopic (exact) mass is 579 g/mol. The van der Waals surface area contributed by atoms with Gasteiger partial charge in [0.05, 0.1) is 0 Å². The minimum absolute atomic E-state index is 0.0870. The van der Waals surface area contributed by atoms with E-state index >= 15 is 0 Å². The quantitative estimate of drug-likeness (QED) is 0.324. The van der Waals surface area contributed by atoms with Gasteiger partial charge in [-0.25, -0.2) is 14.4 Å². The smallest absolute Gasteiger partial charge is 0.410 e. The molecule has 0 aromatic heterocycles. The van der Waals surface area contributed by atoms with E-state index in [4.69, 9.17) is 14.2 Å². The Bertz CT molecular complexity index is 957. The molecular formula is C33H45N3O6. The van der Waals surface area contributed by atoms with Crippen LogP contribution >= 0.6 is 0 Å². The maximum atomic E-state index is 12.5. The highest BCUT2D eigenvalue weighted by Gasteiger charge is 2.21. The van der Waals surface area contributed by atoms with Gasteiger partial charge >= 0.3 is 18.3 Å². The summed E-state index contributed by atoms with van der Waals surface area (Å²) in [6.07, 6.45) is 13.8. The Balaban J connectivity index is 0.000000600. The van der Waals surface area contributed by atoms with Gasteiger partial charge in [-0.3, -0.25) is 0 Å². The molecule has 0 aliphatic heterocycles. The van der Waals surface area contributed by atoms with Crippen LogP contribution in [0.5, 0.6) is 17.2 Å². The second-order valence-corrected chi connectivity index (χ2v) is 11.4. The Morgan fingerprint density at radius 1 is 0.429 bits per heavy atom. The SMILES string of the molecule is O=C(NC1CCCCC1)Oc1cc(OC(=O)NC2CCCCC2)cc(OC(=O)NC2CCCCC2)c1.c1ccccc1. The molecule has 3 fully saturated rings. The van der Waals surface area contributed by atoms with Crippen molar-refractivity contribution in [3.63, 3.8) is 0 Å². The number of rotatable bonds is 6. The predicted octanol–water partition coefficient (Wildman–Crippen LogP) is 7.64. The molecule has 0 spiro atoms. The molecule has 9 nitrogen and oxygen atoms in total. The largest absolute Gasteiger partial charge is 0.412 e. The summed E-state index contributed by atoms with van der Waals surface area (Å²) in [6.45, 7) is 0. The Morgan fingerprint density at radius 3 is 0.905 bits per heavy atom. The first-order valence-corrected chi connectivity index (χ1v) is 15.6.